The monoisotopic (exact) mass is 731 g/mol. The number of nitrogens with one attached hydrogen (secondary N) is 3. The maximum Gasteiger partial charge on any atom is 0.410 e. The van der Waals surface area contributed by atoms with E-state index in [-0.39, 0.29) is 18.5 Å². The number of amides is 3. The average molecular weight is 732 g/mol. The number of hydrogen-bond acceptors (Lipinski definition) is 13. The van der Waals surface area contributed by atoms with Crippen LogP contribution in [0.25, 0.3) is 11.4 Å². The molecule has 1 aromatic carbocycles. The number of nitrogens with zero attached hydrogens (tertiary/aromatic N) is 4. The number of likely N-dealkylation sites (tertiary alicyclic amines) is 1. The van der Waals surface area contributed by atoms with E-state index < -0.39 is 84.0 Å². The van der Waals surface area contributed by atoms with Crippen LogP contribution >= 0.6 is 0 Å². The normalized spacial score (nSPS) is 27.9. The summed E-state index contributed by atoms with van der Waals surface area (Å²) in [5, 5.41) is 55.8. The fraction of sp³-hybridized carbons (Fsp3) is 0.647. The van der Waals surface area contributed by atoms with Crippen molar-refractivity contribution in [3.05, 3.63) is 36.2 Å². The predicted octanol–water partition coefficient (Wildman–Crippen LogP) is -0.497. The molecular formula is C34H49N7O11. The number of benzene rings is 1. The highest BCUT2D eigenvalue weighted by Crippen LogP contribution is 2.38. The first kappa shape index (κ1) is 39.0. The third-order valence-corrected chi connectivity index (χ3v) is 9.78. The molecule has 3 saturated heterocycles. The van der Waals surface area contributed by atoms with Crippen LogP contribution in [-0.2, 0) is 23.8 Å². The number of aliphatic hydroxyl groups is 3. The van der Waals surface area contributed by atoms with Gasteiger partial charge in [0, 0.05) is 63.6 Å². The van der Waals surface area contributed by atoms with E-state index in [0.29, 0.717) is 50.7 Å². The quantitative estimate of drug-likeness (QED) is 0.154. The molecule has 0 unspecified atom stereocenters. The van der Waals surface area contributed by atoms with Gasteiger partial charge in [-0.2, -0.15) is 5.10 Å². The van der Waals surface area contributed by atoms with Gasteiger partial charge in [-0.05, 0) is 39.3 Å². The second-order valence-corrected chi connectivity index (χ2v) is 14.7. The van der Waals surface area contributed by atoms with Gasteiger partial charge in [-0.25, -0.2) is 14.6 Å². The Labute approximate surface area is 300 Å². The Morgan fingerprint density at radius 3 is 2.52 bits per heavy atom. The summed E-state index contributed by atoms with van der Waals surface area (Å²) in [7, 11) is 0. The number of aliphatic hydroxyl groups excluding tert-OH is 3. The van der Waals surface area contributed by atoms with Crippen molar-refractivity contribution >= 4 is 23.9 Å². The molecule has 1 aromatic heterocycles. The Kier molecular flexibility index (Phi) is 11.9. The Morgan fingerprint density at radius 2 is 1.88 bits per heavy atom. The molecule has 1 spiro atoms. The predicted molar refractivity (Wildman–Crippen MR) is 182 cm³/mol. The van der Waals surface area contributed by atoms with Crippen molar-refractivity contribution in [3.8, 4) is 11.4 Å². The Hall–Kier alpha value is -4.20. The van der Waals surface area contributed by atoms with Crippen LogP contribution in [0, 0.1) is 0 Å². The lowest BCUT2D eigenvalue weighted by molar-refractivity contribution is -0.231. The molecule has 0 saturated carbocycles. The molecule has 7 atom stereocenters. The first-order chi connectivity index (χ1) is 24.5. The van der Waals surface area contributed by atoms with Gasteiger partial charge in [0.05, 0.1) is 37.0 Å². The summed E-state index contributed by atoms with van der Waals surface area (Å²) in [5.74, 6) is -2.02. The largest absolute Gasteiger partial charge is 0.479 e. The van der Waals surface area contributed by atoms with Crippen molar-refractivity contribution in [2.75, 3.05) is 45.9 Å². The van der Waals surface area contributed by atoms with Gasteiger partial charge in [-0.15, -0.1) is 0 Å². The molecule has 3 aliphatic rings. The van der Waals surface area contributed by atoms with Gasteiger partial charge in [-0.1, -0.05) is 12.1 Å². The highest BCUT2D eigenvalue weighted by Gasteiger charge is 2.55. The summed E-state index contributed by atoms with van der Waals surface area (Å²) in [6, 6.07) is 5.13. The number of aliphatic carboxylic acids is 1. The second-order valence-electron chi connectivity index (χ2n) is 14.7. The molecule has 5 rings (SSSR count). The molecular weight excluding hydrogens is 682 g/mol. The van der Waals surface area contributed by atoms with Gasteiger partial charge in [-0.3, -0.25) is 19.6 Å². The van der Waals surface area contributed by atoms with Crippen LogP contribution in [0.4, 0.5) is 4.79 Å². The lowest BCUT2D eigenvalue weighted by Crippen LogP contribution is -2.68. The van der Waals surface area contributed by atoms with Gasteiger partial charge in [0.15, 0.2) is 11.4 Å². The minimum atomic E-state index is -2.03. The van der Waals surface area contributed by atoms with Crippen molar-refractivity contribution in [2.24, 2.45) is 0 Å². The maximum atomic E-state index is 13.0. The first-order valence-electron chi connectivity index (χ1n) is 17.3. The molecule has 2 aromatic rings. The van der Waals surface area contributed by atoms with E-state index in [1.165, 1.54) is 13.3 Å². The lowest BCUT2D eigenvalue weighted by Gasteiger charge is -2.49. The highest BCUT2D eigenvalue weighted by molar-refractivity contribution is 5.94. The van der Waals surface area contributed by atoms with Crippen LogP contribution < -0.4 is 10.6 Å². The minimum absolute atomic E-state index is 0.138. The van der Waals surface area contributed by atoms with E-state index in [2.05, 4.69) is 30.7 Å². The van der Waals surface area contributed by atoms with Gasteiger partial charge in [0.1, 0.15) is 24.1 Å². The Morgan fingerprint density at radius 1 is 1.15 bits per heavy atom. The Balaban J connectivity index is 1.27. The van der Waals surface area contributed by atoms with Crippen molar-refractivity contribution in [3.63, 3.8) is 0 Å². The van der Waals surface area contributed by atoms with Crippen LogP contribution in [-0.4, -0.2) is 162 Å². The molecule has 0 radical (unpaired) electrons. The summed E-state index contributed by atoms with van der Waals surface area (Å²) in [6.45, 7) is 8.13. The van der Waals surface area contributed by atoms with Crippen LogP contribution in [0.15, 0.2) is 30.6 Å². The molecule has 7 N–H and O–H groups in total. The van der Waals surface area contributed by atoms with Crippen LogP contribution in [0.5, 0.6) is 0 Å². The van der Waals surface area contributed by atoms with Crippen molar-refractivity contribution < 1.29 is 53.8 Å². The SMILES string of the molecule is CC(=O)N[C@H]1[C@H]([C@H](O)[C@H](O)CNC(=O)c2ccc(-c3ncn[nH]3)cc2)O[C@@](CCN2CCOC[C@@]23CCN(C(=O)OC(C)(C)C)C3)(C(=O)O)C[C@@H]1O. The van der Waals surface area contributed by atoms with E-state index in [1.54, 1.807) is 49.9 Å². The number of aromatic nitrogens is 3. The number of hydrogen-bond donors (Lipinski definition) is 7. The topological polar surface area (TPSA) is 249 Å². The molecule has 18 nitrogen and oxygen atoms in total. The fourth-order valence-corrected chi connectivity index (χ4v) is 7.07. The van der Waals surface area contributed by atoms with E-state index in [9.17, 15) is 39.6 Å². The zero-order valence-electron chi connectivity index (χ0n) is 29.8. The van der Waals surface area contributed by atoms with Gasteiger partial charge >= 0.3 is 12.1 Å². The minimum Gasteiger partial charge on any atom is -0.479 e. The number of aromatic amines is 1. The number of carboxylic acid groups (broad SMARTS) is 1. The Bertz CT molecular complexity index is 1570. The van der Waals surface area contributed by atoms with Crippen molar-refractivity contribution in [2.45, 2.75) is 94.2 Å². The van der Waals surface area contributed by atoms with Gasteiger partial charge < -0.3 is 50.2 Å². The van der Waals surface area contributed by atoms with Gasteiger partial charge in [0.2, 0.25) is 5.91 Å². The van der Waals surface area contributed by atoms with Crippen LogP contribution in [0.1, 0.15) is 57.3 Å². The second kappa shape index (κ2) is 15.8. The summed E-state index contributed by atoms with van der Waals surface area (Å²) >= 11 is 0. The van der Waals surface area contributed by atoms with E-state index in [0.717, 1.165) is 0 Å². The molecule has 0 aliphatic carbocycles. The number of morpholine rings is 1. The summed E-state index contributed by atoms with van der Waals surface area (Å²) in [5.41, 5.74) is -2.36. The molecule has 3 aliphatic heterocycles. The smallest absolute Gasteiger partial charge is 0.410 e. The molecule has 3 fully saturated rings. The molecule has 4 heterocycles. The van der Waals surface area contributed by atoms with E-state index >= 15 is 0 Å². The fourth-order valence-electron chi connectivity index (χ4n) is 7.07. The lowest BCUT2D eigenvalue weighted by atomic mass is 9.81. The van der Waals surface area contributed by atoms with Crippen LogP contribution in [0.3, 0.4) is 0 Å². The van der Waals surface area contributed by atoms with Crippen molar-refractivity contribution in [1.82, 2.24) is 35.6 Å². The number of carbonyl (C=O) groups excluding carboxylic acids is 3. The maximum absolute atomic E-state index is 13.0. The third-order valence-electron chi connectivity index (χ3n) is 9.78. The summed E-state index contributed by atoms with van der Waals surface area (Å²) in [6.07, 6.45) is -5.68. The van der Waals surface area contributed by atoms with Gasteiger partial charge in [0.25, 0.3) is 5.91 Å². The summed E-state index contributed by atoms with van der Waals surface area (Å²) in [4.78, 5) is 58.6. The van der Waals surface area contributed by atoms with Crippen LogP contribution in [0.2, 0.25) is 0 Å². The molecule has 18 heteroatoms. The molecule has 286 valence electrons. The molecule has 3 amide bonds. The zero-order valence-corrected chi connectivity index (χ0v) is 29.8. The standard InChI is InChI=1S/C34H49N7O11/c1-20(42)38-25-23(43)15-34(30(47)48,10-12-41-13-14-50-18-33(41)9-11-40(17-33)31(49)52-32(2,3)4)51-27(25)26(45)24(44)16-35-29(46)22-7-5-21(6-8-22)28-36-19-37-39-28/h5-8,19,23-27,43-45H,9-18H2,1-4H3,(H,35,46)(H,38,42)(H,47,48)(H,36,37,39)/t23-,24+,25+,26+,27+,33-,34+/m0/s1. The first-order valence-corrected chi connectivity index (χ1v) is 17.3. The number of rotatable bonds is 11. The third kappa shape index (κ3) is 8.87. The van der Waals surface area contributed by atoms with Crippen molar-refractivity contribution in [1.29, 1.82) is 0 Å². The number of ether oxygens (including phenoxy) is 3. The average Bonchev–Trinajstić information content (AvgIpc) is 3.78. The highest BCUT2D eigenvalue weighted by atomic mass is 16.6. The zero-order chi connectivity index (χ0) is 37.8. The molecule has 0 bridgehead atoms. The van der Waals surface area contributed by atoms with E-state index in [4.69, 9.17) is 14.2 Å². The van der Waals surface area contributed by atoms with E-state index in [1.807, 2.05) is 0 Å². The molecule has 52 heavy (non-hydrogen) atoms. The number of carbonyl (C=O) groups is 4. The number of H-pyrrole nitrogens is 1. The number of carboxylic acids is 1. The summed E-state index contributed by atoms with van der Waals surface area (Å²) < 4.78 is 17.5.